The van der Waals surface area contributed by atoms with Crippen LogP contribution in [-0.4, -0.2) is 34.8 Å². The average Bonchev–Trinajstić information content (AvgIpc) is 3.03. The molecule has 2 aromatic carbocycles. The molecule has 2 aromatic rings. The first-order valence-corrected chi connectivity index (χ1v) is 9.66. The minimum absolute atomic E-state index is 0.248. The van der Waals surface area contributed by atoms with Gasteiger partial charge in [-0.15, -0.1) is 0 Å². The number of Topliss-reactive ketones (excluding diaryl/α,β-unsaturated/α-hetero) is 1. The van der Waals surface area contributed by atoms with Gasteiger partial charge in [0.05, 0.1) is 29.8 Å². The minimum atomic E-state index is -1.80. The number of amides is 2. The maximum atomic E-state index is 13.6. The fourth-order valence-corrected chi connectivity index (χ4v) is 4.43. The van der Waals surface area contributed by atoms with Crippen LogP contribution in [-0.2, 0) is 19.1 Å². The predicted molar refractivity (Wildman–Crippen MR) is 110 cm³/mol. The van der Waals surface area contributed by atoms with Crippen molar-refractivity contribution in [2.24, 2.45) is 0 Å². The second kappa shape index (κ2) is 6.59. The molecule has 150 valence electrons. The highest BCUT2D eigenvalue weighted by Gasteiger charge is 2.66. The smallest absolute Gasteiger partial charge is 0.300 e. The molecule has 0 radical (unpaired) electrons. The molecule has 0 spiro atoms. The van der Waals surface area contributed by atoms with E-state index in [1.165, 1.54) is 11.2 Å². The van der Waals surface area contributed by atoms with Gasteiger partial charge >= 0.3 is 5.91 Å². The van der Waals surface area contributed by atoms with E-state index < -0.39 is 28.9 Å². The molecular weight excluding hydrogens is 384 g/mol. The number of rotatable bonds is 2. The van der Waals surface area contributed by atoms with Crippen LogP contribution in [0.1, 0.15) is 18.4 Å². The summed E-state index contributed by atoms with van der Waals surface area (Å²) in [5.41, 5.74) is -0.420. The van der Waals surface area contributed by atoms with E-state index in [1.807, 2.05) is 0 Å². The average molecular weight is 402 g/mol. The topological polar surface area (TPSA) is 95.9 Å². The Hall–Kier alpha value is -3.87. The van der Waals surface area contributed by atoms with Gasteiger partial charge in [0.1, 0.15) is 5.76 Å². The number of anilines is 2. The van der Waals surface area contributed by atoms with Gasteiger partial charge < -0.3 is 15.2 Å². The number of aliphatic hydroxyl groups is 1. The van der Waals surface area contributed by atoms with Crippen LogP contribution in [0.4, 0.5) is 11.4 Å². The highest BCUT2D eigenvalue weighted by Crippen LogP contribution is 2.51. The number of nitrogens with zero attached hydrogens (tertiary/aromatic N) is 1. The van der Waals surface area contributed by atoms with Crippen molar-refractivity contribution in [3.63, 3.8) is 0 Å². The number of nitrogens with one attached hydrogen (secondary N) is 1. The van der Waals surface area contributed by atoms with Crippen LogP contribution in [0.2, 0.25) is 0 Å². The second-order valence-electron chi connectivity index (χ2n) is 7.36. The standard InChI is InChI=1S/C23H18N2O5/c26-19(14-7-2-1-3-8-14)18-20(27)21(28)25-17-11-5-4-10-16(17)24-22(29)23(18,25)15-9-6-12-30-13-15/h1-5,7-8,10-11,13,26H,6,9,12H2,(H,24,29)/b19-18-. The normalized spacial score (nSPS) is 24.5. The fraction of sp³-hybridized carbons (Fsp3) is 0.174. The Bertz CT molecular complexity index is 1150. The van der Waals surface area contributed by atoms with Crippen molar-refractivity contribution in [3.05, 3.63) is 77.6 Å². The Morgan fingerprint density at radius 1 is 1.03 bits per heavy atom. The molecule has 1 saturated heterocycles. The molecule has 2 N–H and O–H groups in total. The van der Waals surface area contributed by atoms with E-state index in [0.29, 0.717) is 42.0 Å². The summed E-state index contributed by atoms with van der Waals surface area (Å²) in [7, 11) is 0. The van der Waals surface area contributed by atoms with Crippen molar-refractivity contribution in [2.45, 2.75) is 18.4 Å². The van der Waals surface area contributed by atoms with Gasteiger partial charge in [0.15, 0.2) is 5.54 Å². The third kappa shape index (κ3) is 2.29. The molecule has 30 heavy (non-hydrogen) atoms. The SMILES string of the molecule is O=C1C(=O)N2c3ccccc3NC(=O)C2(C2=COCCC2)/C1=C(\O)c1ccccc1. The molecule has 0 saturated carbocycles. The molecule has 1 fully saturated rings. The lowest BCUT2D eigenvalue weighted by Crippen LogP contribution is -2.60. The number of benzene rings is 2. The Kier molecular flexibility index (Phi) is 3.99. The Morgan fingerprint density at radius 2 is 1.77 bits per heavy atom. The van der Waals surface area contributed by atoms with E-state index in [-0.39, 0.29) is 5.57 Å². The van der Waals surface area contributed by atoms with Gasteiger partial charge in [-0.1, -0.05) is 42.5 Å². The van der Waals surface area contributed by atoms with Crippen molar-refractivity contribution < 1.29 is 24.2 Å². The third-order valence-electron chi connectivity index (χ3n) is 5.73. The number of carbonyl (C=O) groups is 3. The first kappa shape index (κ1) is 18.2. The lowest BCUT2D eigenvalue weighted by atomic mass is 9.76. The van der Waals surface area contributed by atoms with Gasteiger partial charge in [-0.05, 0) is 25.0 Å². The van der Waals surface area contributed by atoms with E-state index in [1.54, 1.807) is 54.6 Å². The molecule has 7 heteroatoms. The molecule has 7 nitrogen and oxygen atoms in total. The van der Waals surface area contributed by atoms with Crippen molar-refractivity contribution >= 4 is 34.7 Å². The van der Waals surface area contributed by atoms with Gasteiger partial charge in [-0.25, -0.2) is 0 Å². The zero-order chi connectivity index (χ0) is 20.9. The number of carbonyl (C=O) groups excluding carboxylic acids is 3. The number of ether oxygens (including phenoxy) is 1. The van der Waals surface area contributed by atoms with E-state index in [2.05, 4.69) is 5.32 Å². The number of fused-ring (bicyclic) bond motifs is 3. The Morgan fingerprint density at radius 3 is 2.50 bits per heavy atom. The summed E-state index contributed by atoms with van der Waals surface area (Å²) in [6.07, 6.45) is 2.50. The van der Waals surface area contributed by atoms with Gasteiger partial charge in [-0.3, -0.25) is 19.3 Å². The number of hydrogen-bond acceptors (Lipinski definition) is 5. The fourth-order valence-electron chi connectivity index (χ4n) is 4.43. The summed E-state index contributed by atoms with van der Waals surface area (Å²) in [5, 5.41) is 14.0. The number of para-hydroxylation sites is 2. The number of aliphatic hydroxyl groups excluding tert-OH is 1. The number of hydrogen-bond donors (Lipinski definition) is 2. The van der Waals surface area contributed by atoms with Crippen molar-refractivity contribution in [3.8, 4) is 0 Å². The molecule has 1 unspecified atom stereocenters. The van der Waals surface area contributed by atoms with Gasteiger partial charge in [-0.2, -0.15) is 0 Å². The van der Waals surface area contributed by atoms with Gasteiger partial charge in [0, 0.05) is 11.1 Å². The predicted octanol–water partition coefficient (Wildman–Crippen LogP) is 2.96. The summed E-state index contributed by atoms with van der Waals surface area (Å²) in [6.45, 7) is 0.476. The van der Waals surface area contributed by atoms with Crippen LogP contribution in [0.5, 0.6) is 0 Å². The summed E-state index contributed by atoms with van der Waals surface area (Å²) in [5.74, 6) is -2.73. The first-order valence-electron chi connectivity index (χ1n) is 9.66. The number of ketones is 1. The van der Waals surface area contributed by atoms with Gasteiger partial charge in [0.25, 0.3) is 11.7 Å². The Balaban J connectivity index is 1.87. The lowest BCUT2D eigenvalue weighted by molar-refractivity contribution is -0.132. The highest BCUT2D eigenvalue weighted by molar-refractivity contribution is 6.56. The first-order chi connectivity index (χ1) is 14.6. The molecular formula is C23H18N2O5. The van der Waals surface area contributed by atoms with Crippen LogP contribution < -0.4 is 10.2 Å². The van der Waals surface area contributed by atoms with Crippen LogP contribution in [0.25, 0.3) is 5.76 Å². The maximum absolute atomic E-state index is 13.6. The summed E-state index contributed by atoms with van der Waals surface area (Å²) < 4.78 is 5.48. The van der Waals surface area contributed by atoms with Crippen molar-refractivity contribution in [1.82, 2.24) is 0 Å². The van der Waals surface area contributed by atoms with Crippen molar-refractivity contribution in [1.29, 1.82) is 0 Å². The van der Waals surface area contributed by atoms with E-state index in [0.717, 1.165) is 0 Å². The maximum Gasteiger partial charge on any atom is 0.300 e. The summed E-state index contributed by atoms with van der Waals surface area (Å²) >= 11 is 0. The lowest BCUT2D eigenvalue weighted by Gasteiger charge is -2.43. The highest BCUT2D eigenvalue weighted by atomic mass is 16.5. The zero-order valence-corrected chi connectivity index (χ0v) is 15.9. The zero-order valence-electron chi connectivity index (χ0n) is 15.9. The Labute approximate surface area is 172 Å². The summed E-state index contributed by atoms with van der Waals surface area (Å²) in [6, 6.07) is 15.2. The van der Waals surface area contributed by atoms with Crippen LogP contribution in [0.3, 0.4) is 0 Å². The second-order valence-corrected chi connectivity index (χ2v) is 7.36. The third-order valence-corrected chi connectivity index (χ3v) is 5.73. The monoisotopic (exact) mass is 402 g/mol. The largest absolute Gasteiger partial charge is 0.507 e. The minimum Gasteiger partial charge on any atom is -0.507 e. The van der Waals surface area contributed by atoms with Crippen LogP contribution in [0.15, 0.2) is 72.0 Å². The van der Waals surface area contributed by atoms with E-state index in [4.69, 9.17) is 4.74 Å². The molecule has 2 amide bonds. The molecule has 0 aliphatic carbocycles. The van der Waals surface area contributed by atoms with Gasteiger partial charge in [0.2, 0.25) is 0 Å². The molecule has 3 aliphatic heterocycles. The van der Waals surface area contributed by atoms with Crippen molar-refractivity contribution in [2.75, 3.05) is 16.8 Å². The molecule has 1 atom stereocenters. The summed E-state index contributed by atoms with van der Waals surface area (Å²) in [4.78, 5) is 41.3. The quantitative estimate of drug-likeness (QED) is 0.457. The van der Waals surface area contributed by atoms with E-state index >= 15 is 0 Å². The molecule has 3 aliphatic rings. The van der Waals surface area contributed by atoms with Crippen LogP contribution in [0, 0.1) is 0 Å². The molecule has 5 rings (SSSR count). The van der Waals surface area contributed by atoms with Crippen LogP contribution >= 0.6 is 0 Å². The van der Waals surface area contributed by atoms with E-state index in [9.17, 15) is 19.5 Å². The molecule has 0 bridgehead atoms. The molecule has 3 heterocycles. The molecule has 0 aromatic heterocycles.